The van der Waals surface area contributed by atoms with E-state index in [9.17, 15) is 0 Å². The Morgan fingerprint density at radius 2 is 1.80 bits per heavy atom. The highest BCUT2D eigenvalue weighted by molar-refractivity contribution is 5.55. The van der Waals surface area contributed by atoms with Crippen molar-refractivity contribution in [1.29, 1.82) is 5.26 Å². The Hall–Kier alpha value is -1.49. The zero-order valence-corrected chi connectivity index (χ0v) is 10.1. The van der Waals surface area contributed by atoms with Gasteiger partial charge in [-0.15, -0.1) is 0 Å². The van der Waals surface area contributed by atoms with E-state index in [1.807, 2.05) is 31.1 Å². The molecular formula is C13H18N2. The van der Waals surface area contributed by atoms with E-state index in [1.54, 1.807) is 0 Å². The van der Waals surface area contributed by atoms with E-state index in [0.29, 0.717) is 0 Å². The lowest BCUT2D eigenvalue weighted by atomic mass is 9.84. The van der Waals surface area contributed by atoms with Crippen LogP contribution in [-0.4, -0.2) is 14.1 Å². The zero-order chi connectivity index (χ0) is 11.6. The lowest BCUT2D eigenvalue weighted by molar-refractivity contribution is 0.588. The lowest BCUT2D eigenvalue weighted by Crippen LogP contribution is -2.15. The fourth-order valence-electron chi connectivity index (χ4n) is 1.56. The molecule has 0 saturated carbocycles. The van der Waals surface area contributed by atoms with Crippen LogP contribution in [0.15, 0.2) is 18.2 Å². The van der Waals surface area contributed by atoms with E-state index in [-0.39, 0.29) is 5.41 Å². The van der Waals surface area contributed by atoms with E-state index < -0.39 is 0 Å². The third-order valence-corrected chi connectivity index (χ3v) is 2.45. The molecule has 15 heavy (non-hydrogen) atoms. The maximum Gasteiger partial charge on any atom is 0.0995 e. The first-order valence-electron chi connectivity index (χ1n) is 5.08. The van der Waals surface area contributed by atoms with Gasteiger partial charge in [-0.2, -0.15) is 5.26 Å². The van der Waals surface area contributed by atoms with Crippen LogP contribution in [0.2, 0.25) is 0 Å². The molecule has 1 rings (SSSR count). The molecule has 0 aromatic heterocycles. The van der Waals surface area contributed by atoms with Crippen LogP contribution in [0.25, 0.3) is 0 Å². The monoisotopic (exact) mass is 202 g/mol. The Labute approximate surface area is 92.1 Å². The van der Waals surface area contributed by atoms with E-state index >= 15 is 0 Å². The largest absolute Gasteiger partial charge is 0.378 e. The van der Waals surface area contributed by atoms with Crippen molar-refractivity contribution in [2.75, 3.05) is 19.0 Å². The molecule has 0 spiro atoms. The van der Waals surface area contributed by atoms with Gasteiger partial charge in [0, 0.05) is 19.8 Å². The van der Waals surface area contributed by atoms with Gasteiger partial charge in [-0.25, -0.2) is 0 Å². The summed E-state index contributed by atoms with van der Waals surface area (Å²) in [5.74, 6) is 0. The Balaban J connectivity index is 3.29. The normalized spacial score (nSPS) is 10.9. The van der Waals surface area contributed by atoms with Crippen molar-refractivity contribution >= 4 is 5.69 Å². The summed E-state index contributed by atoms with van der Waals surface area (Å²) >= 11 is 0. The minimum atomic E-state index is 0.0237. The fraction of sp³-hybridized carbons (Fsp3) is 0.462. The topological polar surface area (TPSA) is 27.0 Å². The van der Waals surface area contributed by atoms with Gasteiger partial charge in [0.25, 0.3) is 0 Å². The van der Waals surface area contributed by atoms with Crippen molar-refractivity contribution in [2.24, 2.45) is 0 Å². The average molecular weight is 202 g/mol. The van der Waals surface area contributed by atoms with Crippen LogP contribution >= 0.6 is 0 Å². The van der Waals surface area contributed by atoms with E-state index in [4.69, 9.17) is 5.26 Å². The summed E-state index contributed by atoms with van der Waals surface area (Å²) in [7, 11) is 3.96. The summed E-state index contributed by atoms with van der Waals surface area (Å²) in [5.41, 5.74) is 2.97. The molecule has 0 heterocycles. The SMILES string of the molecule is CN(C)c1ccc(C(C)(C)C)c(C#N)c1. The first kappa shape index (κ1) is 11.6. The van der Waals surface area contributed by atoms with Gasteiger partial charge in [0.2, 0.25) is 0 Å². The van der Waals surface area contributed by atoms with Crippen LogP contribution in [0.1, 0.15) is 31.9 Å². The van der Waals surface area contributed by atoms with Crippen molar-refractivity contribution in [1.82, 2.24) is 0 Å². The number of anilines is 1. The van der Waals surface area contributed by atoms with Gasteiger partial charge in [-0.1, -0.05) is 26.8 Å². The second-order valence-corrected chi connectivity index (χ2v) is 4.99. The molecule has 0 N–H and O–H groups in total. The number of nitrogens with zero attached hydrogens (tertiary/aromatic N) is 2. The summed E-state index contributed by atoms with van der Waals surface area (Å²) < 4.78 is 0. The van der Waals surface area contributed by atoms with Crippen molar-refractivity contribution in [3.63, 3.8) is 0 Å². The molecule has 0 saturated heterocycles. The molecule has 0 atom stereocenters. The van der Waals surface area contributed by atoms with Crippen molar-refractivity contribution < 1.29 is 0 Å². The molecule has 0 unspecified atom stereocenters. The lowest BCUT2D eigenvalue weighted by Gasteiger charge is -2.22. The maximum atomic E-state index is 9.12. The van der Waals surface area contributed by atoms with Gasteiger partial charge < -0.3 is 4.90 Å². The van der Waals surface area contributed by atoms with E-state index in [1.165, 1.54) is 0 Å². The minimum absolute atomic E-state index is 0.0237. The Bertz CT molecular complexity index is 392. The molecule has 2 heteroatoms. The molecule has 80 valence electrons. The highest BCUT2D eigenvalue weighted by Crippen LogP contribution is 2.28. The van der Waals surface area contributed by atoms with Gasteiger partial charge in [-0.05, 0) is 23.1 Å². The fourth-order valence-corrected chi connectivity index (χ4v) is 1.56. The van der Waals surface area contributed by atoms with Gasteiger partial charge >= 0.3 is 0 Å². The van der Waals surface area contributed by atoms with Crippen molar-refractivity contribution in [3.05, 3.63) is 29.3 Å². The number of hydrogen-bond donors (Lipinski definition) is 0. The number of rotatable bonds is 1. The summed E-state index contributed by atoms with van der Waals surface area (Å²) in [6.45, 7) is 6.37. The molecule has 2 nitrogen and oxygen atoms in total. The highest BCUT2D eigenvalue weighted by atomic mass is 15.1. The third-order valence-electron chi connectivity index (χ3n) is 2.45. The molecule has 0 radical (unpaired) electrons. The maximum absolute atomic E-state index is 9.12. The third kappa shape index (κ3) is 2.50. The molecule has 1 aromatic rings. The molecule has 0 fully saturated rings. The quantitative estimate of drug-likeness (QED) is 0.700. The first-order valence-corrected chi connectivity index (χ1v) is 5.08. The predicted molar refractivity (Wildman–Crippen MR) is 64.2 cm³/mol. The summed E-state index contributed by atoms with van der Waals surface area (Å²) in [4.78, 5) is 2.01. The van der Waals surface area contributed by atoms with Gasteiger partial charge in [0.15, 0.2) is 0 Å². The number of benzene rings is 1. The molecule has 1 aromatic carbocycles. The first-order chi connectivity index (χ1) is 6.86. The standard InChI is InChI=1S/C13H18N2/c1-13(2,3)12-7-6-11(15(4)5)8-10(12)9-14/h6-8H,1-5H3. The molecular weight excluding hydrogens is 184 g/mol. The average Bonchev–Trinajstić information content (AvgIpc) is 2.15. The van der Waals surface area contributed by atoms with Gasteiger partial charge in [0.1, 0.15) is 0 Å². The second-order valence-electron chi connectivity index (χ2n) is 4.99. The van der Waals surface area contributed by atoms with Crippen LogP contribution in [0.3, 0.4) is 0 Å². The number of nitriles is 1. The van der Waals surface area contributed by atoms with Crippen LogP contribution in [0.4, 0.5) is 5.69 Å². The van der Waals surface area contributed by atoms with Crippen molar-refractivity contribution in [2.45, 2.75) is 26.2 Å². The summed E-state index contributed by atoms with van der Waals surface area (Å²) in [6.07, 6.45) is 0. The summed E-state index contributed by atoms with van der Waals surface area (Å²) in [5, 5.41) is 9.12. The minimum Gasteiger partial charge on any atom is -0.378 e. The molecule has 0 aliphatic heterocycles. The zero-order valence-electron chi connectivity index (χ0n) is 10.1. The smallest absolute Gasteiger partial charge is 0.0995 e. The Morgan fingerprint density at radius 3 is 2.20 bits per heavy atom. The molecule has 0 amide bonds. The second kappa shape index (κ2) is 3.94. The van der Waals surface area contributed by atoms with Gasteiger partial charge in [0.05, 0.1) is 11.6 Å². The number of hydrogen-bond acceptors (Lipinski definition) is 2. The van der Waals surface area contributed by atoms with Crippen LogP contribution in [-0.2, 0) is 5.41 Å². The van der Waals surface area contributed by atoms with Gasteiger partial charge in [-0.3, -0.25) is 0 Å². The van der Waals surface area contributed by atoms with Crippen molar-refractivity contribution in [3.8, 4) is 6.07 Å². The highest BCUT2D eigenvalue weighted by Gasteiger charge is 2.18. The van der Waals surface area contributed by atoms with Crippen LogP contribution < -0.4 is 4.90 Å². The Kier molecular flexibility index (Phi) is 3.04. The van der Waals surface area contributed by atoms with Crippen LogP contribution in [0, 0.1) is 11.3 Å². The molecule has 0 aliphatic carbocycles. The summed E-state index contributed by atoms with van der Waals surface area (Å²) in [6, 6.07) is 8.32. The molecule has 0 bridgehead atoms. The predicted octanol–water partition coefficient (Wildman–Crippen LogP) is 2.92. The molecule has 0 aliphatic rings. The van der Waals surface area contributed by atoms with E-state index in [0.717, 1.165) is 16.8 Å². The van der Waals surface area contributed by atoms with Crippen LogP contribution in [0.5, 0.6) is 0 Å². The van der Waals surface area contributed by atoms with E-state index in [2.05, 4.69) is 32.9 Å². The Morgan fingerprint density at radius 1 is 1.20 bits per heavy atom.